The van der Waals surface area contributed by atoms with Crippen molar-refractivity contribution in [2.75, 3.05) is 0 Å². The zero-order valence-electron chi connectivity index (χ0n) is 9.43. The fraction of sp³-hybridized carbons (Fsp3) is 0.286. The van der Waals surface area contributed by atoms with Gasteiger partial charge in [-0.3, -0.25) is 9.78 Å². The minimum Gasteiger partial charge on any atom is -0.293 e. The number of carbonyl (C=O) groups is 1. The van der Waals surface area contributed by atoms with Crippen LogP contribution in [-0.2, 0) is 12.8 Å². The van der Waals surface area contributed by atoms with Gasteiger partial charge in [0.1, 0.15) is 0 Å². The summed E-state index contributed by atoms with van der Waals surface area (Å²) in [5, 5.41) is 2.02. The maximum atomic E-state index is 12.3. The molecule has 3 heteroatoms. The predicted molar refractivity (Wildman–Crippen MR) is 68.4 cm³/mol. The lowest BCUT2D eigenvalue weighted by Crippen LogP contribution is -2.22. The van der Waals surface area contributed by atoms with E-state index in [4.69, 9.17) is 0 Å². The number of hydrogen-bond acceptors (Lipinski definition) is 3. The lowest BCUT2D eigenvalue weighted by molar-refractivity contribution is 0.0906. The Balaban J connectivity index is 1.81. The quantitative estimate of drug-likeness (QED) is 0.811. The average molecular weight is 243 g/mol. The van der Waals surface area contributed by atoms with Crippen LogP contribution < -0.4 is 0 Å². The number of pyridine rings is 1. The Labute approximate surface area is 104 Å². The summed E-state index contributed by atoms with van der Waals surface area (Å²) in [6, 6.07) is 6.06. The van der Waals surface area contributed by atoms with Crippen molar-refractivity contribution in [3.05, 3.63) is 52.0 Å². The highest BCUT2D eigenvalue weighted by Crippen LogP contribution is 2.31. The molecule has 1 unspecified atom stereocenters. The number of fused-ring (bicyclic) bond motifs is 1. The van der Waals surface area contributed by atoms with Gasteiger partial charge in [-0.2, -0.15) is 0 Å². The topological polar surface area (TPSA) is 30.0 Å². The molecule has 86 valence electrons. The van der Waals surface area contributed by atoms with E-state index in [-0.39, 0.29) is 5.92 Å². The van der Waals surface area contributed by atoms with Gasteiger partial charge in [0.15, 0.2) is 5.78 Å². The summed E-state index contributed by atoms with van der Waals surface area (Å²) < 4.78 is 0. The molecule has 0 radical (unpaired) electrons. The SMILES string of the molecule is O=C1c2sccc2CCC1Cc1cccnc1. The normalized spacial score (nSPS) is 19.1. The van der Waals surface area contributed by atoms with Gasteiger partial charge >= 0.3 is 0 Å². The number of aryl methyl sites for hydroxylation is 1. The van der Waals surface area contributed by atoms with Gasteiger partial charge in [-0.1, -0.05) is 6.07 Å². The third kappa shape index (κ3) is 2.03. The van der Waals surface area contributed by atoms with E-state index in [1.54, 1.807) is 17.5 Å². The Hall–Kier alpha value is -1.48. The van der Waals surface area contributed by atoms with Gasteiger partial charge in [0, 0.05) is 18.3 Å². The van der Waals surface area contributed by atoms with E-state index in [2.05, 4.69) is 11.1 Å². The lowest BCUT2D eigenvalue weighted by Gasteiger charge is -2.20. The van der Waals surface area contributed by atoms with Gasteiger partial charge in [0.2, 0.25) is 0 Å². The Morgan fingerprint density at radius 3 is 3.18 bits per heavy atom. The molecular formula is C14H13NOS. The van der Waals surface area contributed by atoms with E-state index < -0.39 is 0 Å². The predicted octanol–water partition coefficient (Wildman–Crippen LogP) is 3.13. The molecule has 2 aromatic rings. The molecule has 3 rings (SSSR count). The Morgan fingerprint density at radius 1 is 1.41 bits per heavy atom. The van der Waals surface area contributed by atoms with E-state index in [1.165, 1.54) is 5.56 Å². The maximum absolute atomic E-state index is 12.3. The van der Waals surface area contributed by atoms with Gasteiger partial charge in [0.05, 0.1) is 4.88 Å². The van der Waals surface area contributed by atoms with Gasteiger partial charge < -0.3 is 0 Å². The molecule has 0 aromatic carbocycles. The molecular weight excluding hydrogens is 230 g/mol. The zero-order valence-corrected chi connectivity index (χ0v) is 10.2. The summed E-state index contributed by atoms with van der Waals surface area (Å²) in [7, 11) is 0. The van der Waals surface area contributed by atoms with Crippen molar-refractivity contribution in [2.24, 2.45) is 5.92 Å². The van der Waals surface area contributed by atoms with Crippen molar-refractivity contribution in [1.82, 2.24) is 4.98 Å². The molecule has 0 aliphatic heterocycles. The standard InChI is InChI=1S/C14H13NOS/c16-13-12(8-10-2-1-6-15-9-10)4-3-11-5-7-17-14(11)13/h1-2,5-7,9,12H,3-4,8H2. The highest BCUT2D eigenvalue weighted by Gasteiger charge is 2.28. The van der Waals surface area contributed by atoms with Crippen molar-refractivity contribution in [3.8, 4) is 0 Å². The summed E-state index contributed by atoms with van der Waals surface area (Å²) in [4.78, 5) is 17.4. The molecule has 0 spiro atoms. The Morgan fingerprint density at radius 2 is 2.35 bits per heavy atom. The molecule has 0 N–H and O–H groups in total. The summed E-state index contributed by atoms with van der Waals surface area (Å²) in [6.45, 7) is 0. The largest absolute Gasteiger partial charge is 0.293 e. The highest BCUT2D eigenvalue weighted by atomic mass is 32.1. The molecule has 1 aliphatic carbocycles. The first-order valence-corrected chi connectivity index (χ1v) is 6.72. The van der Waals surface area contributed by atoms with Crippen molar-refractivity contribution in [2.45, 2.75) is 19.3 Å². The second-order valence-electron chi connectivity index (χ2n) is 4.44. The first-order chi connectivity index (χ1) is 8.34. The van der Waals surface area contributed by atoms with Crippen molar-refractivity contribution in [1.29, 1.82) is 0 Å². The van der Waals surface area contributed by atoms with Crippen molar-refractivity contribution >= 4 is 17.1 Å². The molecule has 1 atom stereocenters. The van der Waals surface area contributed by atoms with Crippen molar-refractivity contribution in [3.63, 3.8) is 0 Å². The first kappa shape index (κ1) is 10.7. The third-order valence-corrected chi connectivity index (χ3v) is 4.28. The molecule has 2 nitrogen and oxygen atoms in total. The zero-order chi connectivity index (χ0) is 11.7. The molecule has 0 saturated carbocycles. The Bertz CT molecular complexity index is 532. The summed E-state index contributed by atoms with van der Waals surface area (Å²) in [5.41, 5.74) is 2.40. The fourth-order valence-corrected chi connectivity index (χ4v) is 3.37. The number of thiophene rings is 1. The summed E-state index contributed by atoms with van der Waals surface area (Å²) >= 11 is 1.58. The second kappa shape index (κ2) is 4.41. The molecule has 0 bridgehead atoms. The molecule has 2 aromatic heterocycles. The van der Waals surface area contributed by atoms with Crippen molar-refractivity contribution < 1.29 is 4.79 Å². The van der Waals surface area contributed by atoms with Crippen LogP contribution in [0.5, 0.6) is 0 Å². The number of carbonyl (C=O) groups excluding carboxylic acids is 1. The number of ketones is 1. The minimum atomic E-state index is 0.144. The number of Topliss-reactive ketones (excluding diaryl/α,β-unsaturated/α-hetero) is 1. The van der Waals surface area contributed by atoms with E-state index in [0.717, 1.165) is 29.7 Å². The van der Waals surface area contributed by atoms with Crippen LogP contribution >= 0.6 is 11.3 Å². The Kier molecular flexibility index (Phi) is 2.77. The van der Waals surface area contributed by atoms with Crippen LogP contribution in [0.1, 0.15) is 27.2 Å². The van der Waals surface area contributed by atoms with Gasteiger partial charge in [-0.05, 0) is 47.9 Å². The molecule has 0 amide bonds. The van der Waals surface area contributed by atoms with E-state index in [0.29, 0.717) is 5.78 Å². The average Bonchev–Trinajstić information content (AvgIpc) is 2.83. The van der Waals surface area contributed by atoms with Crippen LogP contribution in [0, 0.1) is 5.92 Å². The van der Waals surface area contributed by atoms with Crippen LogP contribution in [0.25, 0.3) is 0 Å². The van der Waals surface area contributed by atoms with Crippen LogP contribution in [0.2, 0.25) is 0 Å². The summed E-state index contributed by atoms with van der Waals surface area (Å²) in [6.07, 6.45) is 6.46. The van der Waals surface area contributed by atoms with Crippen LogP contribution in [0.15, 0.2) is 36.0 Å². The number of rotatable bonds is 2. The smallest absolute Gasteiger partial charge is 0.176 e. The number of hydrogen-bond donors (Lipinski definition) is 0. The van der Waals surface area contributed by atoms with E-state index in [1.807, 2.05) is 23.7 Å². The molecule has 2 heterocycles. The fourth-order valence-electron chi connectivity index (χ4n) is 2.39. The molecule has 1 aliphatic rings. The monoisotopic (exact) mass is 243 g/mol. The van der Waals surface area contributed by atoms with E-state index in [9.17, 15) is 4.79 Å². The van der Waals surface area contributed by atoms with Crippen LogP contribution in [-0.4, -0.2) is 10.8 Å². The first-order valence-electron chi connectivity index (χ1n) is 5.84. The number of nitrogens with zero attached hydrogens (tertiary/aromatic N) is 1. The maximum Gasteiger partial charge on any atom is 0.176 e. The molecule has 0 saturated heterocycles. The van der Waals surface area contributed by atoms with Gasteiger partial charge in [0.25, 0.3) is 0 Å². The minimum absolute atomic E-state index is 0.144. The van der Waals surface area contributed by atoms with Gasteiger partial charge in [-0.15, -0.1) is 11.3 Å². The van der Waals surface area contributed by atoms with Crippen LogP contribution in [0.3, 0.4) is 0 Å². The lowest BCUT2D eigenvalue weighted by atomic mass is 9.84. The summed E-state index contributed by atoms with van der Waals surface area (Å²) in [5.74, 6) is 0.468. The number of aromatic nitrogens is 1. The molecule has 17 heavy (non-hydrogen) atoms. The van der Waals surface area contributed by atoms with Gasteiger partial charge in [-0.25, -0.2) is 0 Å². The van der Waals surface area contributed by atoms with Crippen LogP contribution in [0.4, 0.5) is 0 Å². The second-order valence-corrected chi connectivity index (χ2v) is 5.36. The third-order valence-electron chi connectivity index (χ3n) is 3.31. The highest BCUT2D eigenvalue weighted by molar-refractivity contribution is 7.12. The van der Waals surface area contributed by atoms with E-state index >= 15 is 0 Å². The molecule has 0 fully saturated rings.